The first-order chi connectivity index (χ1) is 2.77. The molecule has 0 saturated carbocycles. The highest BCUT2D eigenvalue weighted by Gasteiger charge is 1.87. The van der Waals surface area contributed by atoms with Gasteiger partial charge in [0.1, 0.15) is 0 Å². The van der Waals surface area contributed by atoms with Crippen molar-refractivity contribution in [2.45, 2.75) is 6.92 Å². The van der Waals surface area contributed by atoms with Crippen LogP contribution in [0.5, 0.6) is 0 Å². The molecule has 35 valence electrons. The van der Waals surface area contributed by atoms with Gasteiger partial charge in [-0.15, -0.1) is 0 Å². The number of rotatable bonds is 1. The quantitative estimate of drug-likeness (QED) is 0.487. The van der Waals surface area contributed by atoms with Crippen molar-refractivity contribution in [1.29, 1.82) is 0 Å². The molecular weight excluding hydrogens is 82.0 g/mol. The Kier molecular flexibility index (Phi) is 2.20. The third-order valence-corrected chi connectivity index (χ3v) is 0.321. The van der Waals surface area contributed by atoms with E-state index in [4.69, 9.17) is 0 Å². The molecule has 6 heavy (non-hydrogen) atoms. The van der Waals surface area contributed by atoms with Crippen LogP contribution in [0.25, 0.3) is 0 Å². The van der Waals surface area contributed by atoms with E-state index in [2.05, 4.69) is 0 Å². The predicted octanol–water partition coefficient (Wildman–Crippen LogP) is 0.146. The molecule has 0 atom stereocenters. The van der Waals surface area contributed by atoms with E-state index in [-0.39, 0.29) is 0 Å². The van der Waals surface area contributed by atoms with Crippen molar-refractivity contribution in [1.82, 2.24) is 5.32 Å². The van der Waals surface area contributed by atoms with Crippen LogP contribution >= 0.6 is 0 Å². The largest absolute Gasteiger partial charge is 0.450 e. The van der Waals surface area contributed by atoms with E-state index in [1.54, 1.807) is 6.92 Å². The Balaban J connectivity index is 2.83. The topological polar surface area (TPSA) is 49.0 Å². The van der Waals surface area contributed by atoms with Crippen LogP contribution in [0.2, 0.25) is 0 Å². The molecule has 0 fully saturated rings. The van der Waals surface area contributed by atoms with Gasteiger partial charge in [-0.1, -0.05) is 0 Å². The van der Waals surface area contributed by atoms with Crippen LogP contribution in [-0.4, -0.2) is 12.6 Å². The number of amides is 1. The van der Waals surface area contributed by atoms with E-state index in [0.717, 1.165) is 0 Å². The normalized spacial score (nSPS) is 7.50. The molecule has 0 rings (SSSR count). The summed E-state index contributed by atoms with van der Waals surface area (Å²) < 4.78 is 0. The van der Waals surface area contributed by atoms with Crippen LogP contribution < -0.4 is 5.32 Å². The lowest BCUT2D eigenvalue weighted by molar-refractivity contribution is 0.169. The van der Waals surface area contributed by atoms with E-state index in [0.29, 0.717) is 6.54 Å². The fourth-order valence-electron chi connectivity index (χ4n) is 0.144. The first-order valence-electron chi connectivity index (χ1n) is 1.72. The zero-order valence-corrected chi connectivity index (χ0v) is 3.52. The highest BCUT2D eigenvalue weighted by Crippen LogP contribution is 1.56. The van der Waals surface area contributed by atoms with Crippen LogP contribution in [-0.2, 0) is 5.11 Å². The van der Waals surface area contributed by atoms with Crippen molar-refractivity contribution in [2.24, 2.45) is 0 Å². The van der Waals surface area contributed by atoms with Gasteiger partial charge < -0.3 is 5.32 Å². The molecule has 0 heterocycles. The van der Waals surface area contributed by atoms with Gasteiger partial charge in [-0.2, -0.15) is 0 Å². The van der Waals surface area contributed by atoms with E-state index in [1.807, 2.05) is 5.32 Å². The van der Waals surface area contributed by atoms with Crippen LogP contribution in [0.4, 0.5) is 4.79 Å². The Labute approximate surface area is 36.0 Å². The van der Waals surface area contributed by atoms with Gasteiger partial charge in [0.15, 0.2) is 0 Å². The van der Waals surface area contributed by atoms with Gasteiger partial charge in [0.2, 0.25) is 0 Å². The molecule has 0 aromatic rings. The zero-order valence-electron chi connectivity index (χ0n) is 3.52. The third-order valence-electron chi connectivity index (χ3n) is 0.321. The second kappa shape index (κ2) is 2.50. The standard InChI is InChI=1S/C3H6NO2/c1-2-4-3(5)6/h4H,2H2,1H3. The summed E-state index contributed by atoms with van der Waals surface area (Å²) in [6.07, 6.45) is -1.21. The zero-order chi connectivity index (χ0) is 4.99. The van der Waals surface area contributed by atoms with Crippen molar-refractivity contribution >= 4 is 6.09 Å². The summed E-state index contributed by atoms with van der Waals surface area (Å²) in [5.74, 6) is 0. The molecule has 1 amide bonds. The Morgan fingerprint density at radius 1 is 1.83 bits per heavy atom. The lowest BCUT2D eigenvalue weighted by atomic mass is 10.8. The molecule has 3 nitrogen and oxygen atoms in total. The smallest absolute Gasteiger partial charge is 0.319 e. The average molecular weight is 88.1 g/mol. The van der Waals surface area contributed by atoms with Gasteiger partial charge in [-0.05, 0) is 6.92 Å². The van der Waals surface area contributed by atoms with Gasteiger partial charge in [-0.25, -0.2) is 9.90 Å². The second-order valence-corrected chi connectivity index (χ2v) is 0.818. The van der Waals surface area contributed by atoms with Crippen LogP contribution in [0.3, 0.4) is 0 Å². The first-order valence-corrected chi connectivity index (χ1v) is 1.72. The van der Waals surface area contributed by atoms with Gasteiger partial charge >= 0.3 is 6.09 Å². The Bertz CT molecular complexity index is 52.8. The molecule has 1 radical (unpaired) electrons. The summed E-state index contributed by atoms with van der Waals surface area (Å²) in [6, 6.07) is 0. The molecule has 0 aromatic heterocycles. The van der Waals surface area contributed by atoms with E-state index in [9.17, 15) is 9.90 Å². The van der Waals surface area contributed by atoms with Gasteiger partial charge in [0.25, 0.3) is 0 Å². The summed E-state index contributed by atoms with van der Waals surface area (Å²) in [5, 5.41) is 11.4. The maximum atomic E-state index is 9.38. The summed E-state index contributed by atoms with van der Waals surface area (Å²) in [5.41, 5.74) is 0. The SMILES string of the molecule is CCNC([O])=O. The highest BCUT2D eigenvalue weighted by atomic mass is 16.4. The molecule has 0 unspecified atom stereocenters. The number of nitrogens with one attached hydrogen (secondary N) is 1. The number of carbonyl (C=O) groups is 1. The van der Waals surface area contributed by atoms with Crippen LogP contribution in [0, 0.1) is 0 Å². The second-order valence-electron chi connectivity index (χ2n) is 0.818. The summed E-state index contributed by atoms with van der Waals surface area (Å²) >= 11 is 0. The number of carbonyl (C=O) groups excluding carboxylic acids is 1. The molecule has 1 N–H and O–H groups in total. The molecule has 0 aliphatic carbocycles. The Morgan fingerprint density at radius 3 is 2.33 bits per heavy atom. The summed E-state index contributed by atoms with van der Waals surface area (Å²) in [7, 11) is 0. The molecule has 0 bridgehead atoms. The molecular formula is C3H6NO2. The van der Waals surface area contributed by atoms with Crippen molar-refractivity contribution in [3.8, 4) is 0 Å². The van der Waals surface area contributed by atoms with Gasteiger partial charge in [0, 0.05) is 6.54 Å². The van der Waals surface area contributed by atoms with E-state index >= 15 is 0 Å². The lowest BCUT2D eigenvalue weighted by Crippen LogP contribution is -2.17. The number of hydrogen-bond donors (Lipinski definition) is 1. The summed E-state index contributed by atoms with van der Waals surface area (Å²) in [6.45, 7) is 2.11. The van der Waals surface area contributed by atoms with Crippen LogP contribution in [0.1, 0.15) is 6.92 Å². The molecule has 0 spiro atoms. The van der Waals surface area contributed by atoms with Gasteiger partial charge in [0.05, 0.1) is 0 Å². The van der Waals surface area contributed by atoms with Crippen molar-refractivity contribution < 1.29 is 9.90 Å². The summed E-state index contributed by atoms with van der Waals surface area (Å²) in [4.78, 5) is 9.38. The minimum Gasteiger partial charge on any atom is -0.319 e. The average Bonchev–Trinajstić information content (AvgIpc) is 1.35. The Morgan fingerprint density at radius 2 is 2.33 bits per heavy atom. The third kappa shape index (κ3) is 3.27. The molecule has 3 heteroatoms. The monoisotopic (exact) mass is 88.0 g/mol. The lowest BCUT2D eigenvalue weighted by Gasteiger charge is -1.83. The minimum absolute atomic E-state index is 0.419. The van der Waals surface area contributed by atoms with Crippen LogP contribution in [0.15, 0.2) is 0 Å². The van der Waals surface area contributed by atoms with E-state index < -0.39 is 6.09 Å². The van der Waals surface area contributed by atoms with Gasteiger partial charge in [-0.3, -0.25) is 0 Å². The molecule has 0 saturated heterocycles. The number of hydrogen-bond acceptors (Lipinski definition) is 1. The predicted molar refractivity (Wildman–Crippen MR) is 19.8 cm³/mol. The molecule has 0 aliphatic rings. The maximum Gasteiger partial charge on any atom is 0.450 e. The van der Waals surface area contributed by atoms with Crippen molar-refractivity contribution in [2.75, 3.05) is 6.54 Å². The highest BCUT2D eigenvalue weighted by molar-refractivity contribution is 5.63. The first kappa shape index (κ1) is 5.27. The maximum absolute atomic E-state index is 9.38. The van der Waals surface area contributed by atoms with Crippen molar-refractivity contribution in [3.05, 3.63) is 0 Å². The minimum atomic E-state index is -1.21. The molecule has 0 aliphatic heterocycles. The van der Waals surface area contributed by atoms with Crippen molar-refractivity contribution in [3.63, 3.8) is 0 Å². The fourth-order valence-corrected chi connectivity index (χ4v) is 0.144. The molecule has 0 aromatic carbocycles. The Hall–Kier alpha value is -0.730. The van der Waals surface area contributed by atoms with E-state index in [1.165, 1.54) is 0 Å². The fraction of sp³-hybridized carbons (Fsp3) is 0.667.